The van der Waals surface area contributed by atoms with Crippen molar-refractivity contribution in [3.8, 4) is 11.6 Å². The van der Waals surface area contributed by atoms with E-state index in [-0.39, 0.29) is 11.6 Å². The molecule has 150 valence electrons. The fraction of sp³-hybridized carbons (Fsp3) is 0.0400. The van der Waals surface area contributed by atoms with Gasteiger partial charge in [-0.05, 0) is 60.2 Å². The maximum atomic E-state index is 12.8. The Labute approximate surface area is 177 Å². The molecule has 4 aromatic rings. The van der Waals surface area contributed by atoms with Crippen LogP contribution in [-0.4, -0.2) is 26.5 Å². The molecule has 0 spiro atoms. The average Bonchev–Trinajstić information content (AvgIpc) is 3.24. The summed E-state index contributed by atoms with van der Waals surface area (Å²) in [4.78, 5) is 36.3. The lowest BCUT2D eigenvalue weighted by Crippen LogP contribution is -2.03. The molecule has 0 fully saturated rings. The van der Waals surface area contributed by atoms with E-state index in [1.807, 2.05) is 42.5 Å². The largest absolute Gasteiger partial charge is 0.438 e. The molecule has 0 radical (unpaired) electrons. The molecule has 1 aliphatic rings. The number of H-pyrrole nitrogens is 1. The molecular formula is C25H17N3O3. The van der Waals surface area contributed by atoms with Crippen LogP contribution in [0, 0.1) is 0 Å². The lowest BCUT2D eigenvalue weighted by molar-refractivity contribution is -0.113. The van der Waals surface area contributed by atoms with Crippen LogP contribution in [0.15, 0.2) is 85.1 Å². The van der Waals surface area contributed by atoms with Crippen molar-refractivity contribution in [1.29, 1.82) is 0 Å². The zero-order chi connectivity index (χ0) is 21.2. The van der Waals surface area contributed by atoms with Crippen LogP contribution in [0.3, 0.4) is 0 Å². The third-order valence-corrected chi connectivity index (χ3v) is 4.95. The van der Waals surface area contributed by atoms with Gasteiger partial charge in [0.05, 0.1) is 11.0 Å². The molecule has 0 unspecified atom stereocenters. The third-order valence-electron chi connectivity index (χ3n) is 4.95. The number of hydrogen-bond acceptors (Lipinski definition) is 5. The Morgan fingerprint density at radius 1 is 1.00 bits per heavy atom. The van der Waals surface area contributed by atoms with E-state index in [1.165, 1.54) is 0 Å². The summed E-state index contributed by atoms with van der Waals surface area (Å²) >= 11 is 0. The van der Waals surface area contributed by atoms with E-state index in [9.17, 15) is 9.59 Å². The number of imidazole rings is 1. The van der Waals surface area contributed by atoms with Gasteiger partial charge in [0, 0.05) is 23.7 Å². The summed E-state index contributed by atoms with van der Waals surface area (Å²) in [6, 6.07) is 18.0. The molecule has 0 saturated heterocycles. The second-order valence-corrected chi connectivity index (χ2v) is 7.09. The number of pyridine rings is 1. The first kappa shape index (κ1) is 18.7. The summed E-state index contributed by atoms with van der Waals surface area (Å²) in [6.45, 7) is 0. The summed E-state index contributed by atoms with van der Waals surface area (Å²) < 4.78 is 5.95. The fourth-order valence-electron chi connectivity index (χ4n) is 3.42. The maximum absolute atomic E-state index is 12.8. The second kappa shape index (κ2) is 7.84. The van der Waals surface area contributed by atoms with E-state index in [0.717, 1.165) is 22.2 Å². The highest BCUT2D eigenvalue weighted by Crippen LogP contribution is 2.30. The van der Waals surface area contributed by atoms with Gasteiger partial charge in [-0.2, -0.15) is 0 Å². The van der Waals surface area contributed by atoms with Crippen LogP contribution < -0.4 is 4.74 Å². The van der Waals surface area contributed by atoms with Gasteiger partial charge < -0.3 is 9.72 Å². The standard InChI is InChI=1S/C25H17N3O3/c29-18-6-3-5-17(15-18)20-7-4-14-26-25(20)31-19-12-10-16(11-13-19)23(30)24-27-21-8-1-2-9-22(21)28-24/h1-5,7-15H,6H2,(H,27,28). The molecule has 1 N–H and O–H groups in total. The Kier molecular flexibility index (Phi) is 4.72. The van der Waals surface area contributed by atoms with Crippen LogP contribution in [0.25, 0.3) is 16.6 Å². The molecule has 2 aromatic carbocycles. The number of ether oxygens (including phenoxy) is 1. The summed E-state index contributed by atoms with van der Waals surface area (Å²) in [5.74, 6) is 1.07. The van der Waals surface area contributed by atoms with Crippen molar-refractivity contribution in [2.24, 2.45) is 0 Å². The maximum Gasteiger partial charge on any atom is 0.228 e. The van der Waals surface area contributed by atoms with Gasteiger partial charge in [-0.3, -0.25) is 9.59 Å². The number of ketones is 2. The highest BCUT2D eigenvalue weighted by Gasteiger charge is 2.16. The van der Waals surface area contributed by atoms with E-state index in [2.05, 4.69) is 15.0 Å². The molecule has 1 aliphatic carbocycles. The van der Waals surface area contributed by atoms with Crippen molar-refractivity contribution >= 4 is 28.2 Å². The Morgan fingerprint density at radius 3 is 2.65 bits per heavy atom. The molecule has 2 aromatic heterocycles. The first-order chi connectivity index (χ1) is 15.2. The topological polar surface area (TPSA) is 84.9 Å². The van der Waals surface area contributed by atoms with Crippen molar-refractivity contribution < 1.29 is 14.3 Å². The molecule has 0 bridgehead atoms. The number of aromatic nitrogens is 3. The van der Waals surface area contributed by atoms with Crippen LogP contribution >= 0.6 is 0 Å². The van der Waals surface area contributed by atoms with Gasteiger partial charge in [-0.1, -0.05) is 24.3 Å². The summed E-state index contributed by atoms with van der Waals surface area (Å²) in [7, 11) is 0. The number of nitrogens with zero attached hydrogens (tertiary/aromatic N) is 2. The number of fused-ring (bicyclic) bond motifs is 1. The number of benzene rings is 2. The van der Waals surface area contributed by atoms with Gasteiger partial charge in [0.2, 0.25) is 11.7 Å². The van der Waals surface area contributed by atoms with Crippen LogP contribution in [0.1, 0.15) is 28.2 Å². The SMILES string of the molecule is O=C1C=C(c2cccnc2Oc2ccc(C(=O)c3nc4ccccc4[nH]3)cc2)C=CC1. The van der Waals surface area contributed by atoms with E-state index in [4.69, 9.17) is 4.74 Å². The summed E-state index contributed by atoms with van der Waals surface area (Å²) in [5.41, 5.74) is 3.55. The summed E-state index contributed by atoms with van der Waals surface area (Å²) in [5, 5.41) is 0. The number of allylic oxidation sites excluding steroid dienone is 4. The molecule has 0 saturated carbocycles. The van der Waals surface area contributed by atoms with E-state index in [1.54, 1.807) is 42.6 Å². The summed E-state index contributed by atoms with van der Waals surface area (Å²) in [6.07, 6.45) is 7.35. The minimum atomic E-state index is -0.197. The molecule has 0 aliphatic heterocycles. The van der Waals surface area contributed by atoms with Gasteiger partial charge in [-0.25, -0.2) is 9.97 Å². The number of rotatable bonds is 5. The van der Waals surface area contributed by atoms with Crippen LogP contribution in [0.2, 0.25) is 0 Å². The zero-order valence-electron chi connectivity index (χ0n) is 16.4. The minimum absolute atomic E-state index is 0.0424. The third kappa shape index (κ3) is 3.79. The quantitative estimate of drug-likeness (QED) is 0.476. The Morgan fingerprint density at radius 2 is 1.84 bits per heavy atom. The molecule has 0 atom stereocenters. The molecule has 5 rings (SSSR count). The first-order valence-electron chi connectivity index (χ1n) is 9.81. The van der Waals surface area contributed by atoms with Crippen LogP contribution in [0.5, 0.6) is 11.6 Å². The van der Waals surface area contributed by atoms with Gasteiger partial charge >= 0.3 is 0 Å². The molecule has 2 heterocycles. The predicted molar refractivity (Wildman–Crippen MR) is 117 cm³/mol. The van der Waals surface area contributed by atoms with Crippen molar-refractivity contribution in [3.05, 3.63) is 102 Å². The Hall–Kier alpha value is -4.32. The van der Waals surface area contributed by atoms with Gasteiger partial charge in [0.15, 0.2) is 11.6 Å². The minimum Gasteiger partial charge on any atom is -0.438 e. The van der Waals surface area contributed by atoms with Gasteiger partial charge in [-0.15, -0.1) is 0 Å². The lowest BCUT2D eigenvalue weighted by Gasteiger charge is -2.12. The average molecular weight is 407 g/mol. The van der Waals surface area contributed by atoms with Crippen molar-refractivity contribution in [2.45, 2.75) is 6.42 Å². The first-order valence-corrected chi connectivity index (χ1v) is 9.81. The van der Waals surface area contributed by atoms with Gasteiger partial charge in [0.1, 0.15) is 5.75 Å². The zero-order valence-corrected chi connectivity index (χ0v) is 16.4. The normalized spacial score (nSPS) is 13.3. The second-order valence-electron chi connectivity index (χ2n) is 7.09. The monoisotopic (exact) mass is 407 g/mol. The van der Waals surface area contributed by atoms with Crippen LogP contribution in [0.4, 0.5) is 0 Å². The number of carbonyl (C=O) groups is 2. The lowest BCUT2D eigenvalue weighted by atomic mass is 10.00. The number of carbonyl (C=O) groups excluding carboxylic acids is 2. The number of hydrogen-bond donors (Lipinski definition) is 1. The smallest absolute Gasteiger partial charge is 0.228 e. The molecular weight excluding hydrogens is 390 g/mol. The highest BCUT2D eigenvalue weighted by atomic mass is 16.5. The predicted octanol–water partition coefficient (Wildman–Crippen LogP) is 4.89. The molecule has 6 heteroatoms. The Balaban J connectivity index is 1.38. The van der Waals surface area contributed by atoms with E-state index >= 15 is 0 Å². The van der Waals surface area contributed by atoms with Gasteiger partial charge in [0.25, 0.3) is 0 Å². The van der Waals surface area contributed by atoms with Crippen molar-refractivity contribution in [2.75, 3.05) is 0 Å². The highest BCUT2D eigenvalue weighted by molar-refractivity contribution is 6.08. The van der Waals surface area contributed by atoms with E-state index < -0.39 is 0 Å². The molecule has 31 heavy (non-hydrogen) atoms. The Bertz CT molecular complexity index is 1330. The number of para-hydroxylation sites is 2. The van der Waals surface area contributed by atoms with Crippen molar-refractivity contribution in [3.63, 3.8) is 0 Å². The van der Waals surface area contributed by atoms with Crippen molar-refractivity contribution in [1.82, 2.24) is 15.0 Å². The van der Waals surface area contributed by atoms with Crippen LogP contribution in [-0.2, 0) is 4.79 Å². The van der Waals surface area contributed by atoms with E-state index in [0.29, 0.717) is 29.4 Å². The fourth-order valence-corrected chi connectivity index (χ4v) is 3.42. The molecule has 6 nitrogen and oxygen atoms in total. The number of nitrogens with one attached hydrogen (secondary N) is 1. The molecule has 0 amide bonds. The number of aromatic amines is 1.